The van der Waals surface area contributed by atoms with Crippen LogP contribution in [0.15, 0.2) is 12.2 Å². The van der Waals surface area contributed by atoms with Gasteiger partial charge in [0.1, 0.15) is 6.10 Å². The summed E-state index contributed by atoms with van der Waals surface area (Å²) in [4.78, 5) is 11.8. The van der Waals surface area contributed by atoms with Gasteiger partial charge in [-0.05, 0) is 33.1 Å². The predicted octanol–water partition coefficient (Wildman–Crippen LogP) is 1.97. The maximum Gasteiger partial charge on any atom is 0.334 e. The summed E-state index contributed by atoms with van der Waals surface area (Å²) in [6.07, 6.45) is 4.17. The van der Waals surface area contributed by atoms with E-state index in [9.17, 15) is 4.79 Å². The van der Waals surface area contributed by atoms with Gasteiger partial charge in [0.2, 0.25) is 0 Å². The van der Waals surface area contributed by atoms with Crippen LogP contribution in [0.3, 0.4) is 0 Å². The number of hydrogen-bond acceptors (Lipinski definition) is 4. The second kappa shape index (κ2) is 3.41. The van der Waals surface area contributed by atoms with Gasteiger partial charge < -0.3 is 14.2 Å². The Morgan fingerprint density at radius 3 is 2.74 bits per heavy atom. The van der Waals surface area contributed by atoms with Gasteiger partial charge >= 0.3 is 5.97 Å². The smallest absolute Gasteiger partial charge is 0.334 e. The standard InChI is InChI=1S/C15H20O4/c1-8-9-6-12-14(2,19-12)5-4-11-15(3,18-11)7-10(9)17-13(8)16/h9-12H,1,4-7H2,2-3H3/t9-,10+,11+,12-,14+,15-/m0/s1. The lowest BCUT2D eigenvalue weighted by Gasteiger charge is -2.21. The summed E-state index contributed by atoms with van der Waals surface area (Å²) in [7, 11) is 0. The fraction of sp³-hybridized carbons (Fsp3) is 0.800. The molecule has 0 amide bonds. The normalized spacial score (nSPS) is 55.7. The van der Waals surface area contributed by atoms with E-state index in [1.807, 2.05) is 0 Å². The maximum atomic E-state index is 11.8. The quantitative estimate of drug-likeness (QED) is 0.381. The highest BCUT2D eigenvalue weighted by molar-refractivity contribution is 5.90. The van der Waals surface area contributed by atoms with Gasteiger partial charge in [-0.15, -0.1) is 0 Å². The lowest BCUT2D eigenvalue weighted by Crippen LogP contribution is -2.28. The molecule has 0 aromatic carbocycles. The molecule has 0 N–H and O–H groups in total. The van der Waals surface area contributed by atoms with Crippen molar-refractivity contribution in [3.05, 3.63) is 12.2 Å². The first-order valence-electron chi connectivity index (χ1n) is 7.17. The predicted molar refractivity (Wildman–Crippen MR) is 67.5 cm³/mol. The number of rotatable bonds is 0. The zero-order valence-electron chi connectivity index (χ0n) is 11.5. The number of epoxide rings is 2. The molecule has 0 bridgehead atoms. The molecule has 0 aromatic heterocycles. The lowest BCUT2D eigenvalue weighted by atomic mass is 9.81. The molecule has 1 aliphatic carbocycles. The van der Waals surface area contributed by atoms with E-state index in [1.165, 1.54) is 0 Å². The zero-order chi connectivity index (χ0) is 13.4. The van der Waals surface area contributed by atoms with Crippen LogP contribution in [0.25, 0.3) is 0 Å². The highest BCUT2D eigenvalue weighted by Crippen LogP contribution is 2.53. The largest absolute Gasteiger partial charge is 0.458 e. The summed E-state index contributed by atoms with van der Waals surface area (Å²) in [5.41, 5.74) is 0.469. The number of fused-ring (bicyclic) bond motifs is 3. The average molecular weight is 264 g/mol. The lowest BCUT2D eigenvalue weighted by molar-refractivity contribution is -0.139. The Morgan fingerprint density at radius 2 is 1.95 bits per heavy atom. The van der Waals surface area contributed by atoms with E-state index in [0.29, 0.717) is 11.7 Å². The van der Waals surface area contributed by atoms with Crippen molar-refractivity contribution < 1.29 is 19.0 Å². The van der Waals surface area contributed by atoms with Crippen LogP contribution in [-0.4, -0.2) is 35.5 Å². The van der Waals surface area contributed by atoms with Crippen LogP contribution in [0.2, 0.25) is 0 Å². The minimum absolute atomic E-state index is 0.0271. The monoisotopic (exact) mass is 264 g/mol. The van der Waals surface area contributed by atoms with Crippen LogP contribution >= 0.6 is 0 Å². The van der Waals surface area contributed by atoms with Gasteiger partial charge in [0.25, 0.3) is 0 Å². The number of ether oxygens (including phenoxy) is 3. The molecule has 4 fully saturated rings. The Balaban J connectivity index is 1.62. The molecule has 0 radical (unpaired) electrons. The SMILES string of the molecule is C=C1C(=O)O[C@@H]2C[C@]3(C)O[C@@H]3CC[C@@]3(C)O[C@H]3C[C@@H]12. The van der Waals surface area contributed by atoms with Crippen molar-refractivity contribution in [2.75, 3.05) is 0 Å². The summed E-state index contributed by atoms with van der Waals surface area (Å²) in [6, 6.07) is 0. The van der Waals surface area contributed by atoms with Crippen molar-refractivity contribution in [2.45, 2.75) is 69.0 Å². The van der Waals surface area contributed by atoms with E-state index < -0.39 is 0 Å². The summed E-state index contributed by atoms with van der Waals surface area (Å²) in [5, 5.41) is 0. The third-order valence-corrected chi connectivity index (χ3v) is 5.47. The van der Waals surface area contributed by atoms with E-state index in [2.05, 4.69) is 20.4 Å². The molecule has 3 heterocycles. The molecular weight excluding hydrogens is 244 g/mol. The number of esters is 1. The van der Waals surface area contributed by atoms with Crippen LogP contribution in [0.5, 0.6) is 0 Å². The number of hydrogen-bond donors (Lipinski definition) is 0. The molecule has 0 spiro atoms. The van der Waals surface area contributed by atoms with Crippen molar-refractivity contribution >= 4 is 5.97 Å². The molecule has 4 nitrogen and oxygen atoms in total. The van der Waals surface area contributed by atoms with Gasteiger partial charge in [-0.2, -0.15) is 0 Å². The topological polar surface area (TPSA) is 51.4 Å². The minimum atomic E-state index is -0.239. The van der Waals surface area contributed by atoms with Crippen molar-refractivity contribution in [1.82, 2.24) is 0 Å². The summed E-state index contributed by atoms with van der Waals surface area (Å²) in [5.74, 6) is -0.142. The van der Waals surface area contributed by atoms with Crippen molar-refractivity contribution in [3.8, 4) is 0 Å². The summed E-state index contributed by atoms with van der Waals surface area (Å²) in [6.45, 7) is 8.20. The van der Waals surface area contributed by atoms with Crippen molar-refractivity contribution in [1.29, 1.82) is 0 Å². The Hall–Kier alpha value is -0.870. The van der Waals surface area contributed by atoms with E-state index in [-0.39, 0.29) is 35.3 Å². The Morgan fingerprint density at radius 1 is 1.21 bits per heavy atom. The summed E-state index contributed by atoms with van der Waals surface area (Å²) >= 11 is 0. The molecule has 0 aromatic rings. The molecule has 3 saturated heterocycles. The van der Waals surface area contributed by atoms with E-state index in [0.717, 1.165) is 25.7 Å². The molecular formula is C15H20O4. The molecule has 19 heavy (non-hydrogen) atoms. The molecule has 104 valence electrons. The molecule has 0 unspecified atom stereocenters. The van der Waals surface area contributed by atoms with Crippen LogP contribution in [0.4, 0.5) is 0 Å². The third kappa shape index (κ3) is 1.69. The van der Waals surface area contributed by atoms with Gasteiger partial charge in [0.05, 0.1) is 23.4 Å². The van der Waals surface area contributed by atoms with E-state index in [1.54, 1.807) is 0 Å². The fourth-order valence-electron chi connectivity index (χ4n) is 3.84. The van der Waals surface area contributed by atoms with Crippen molar-refractivity contribution in [3.63, 3.8) is 0 Å². The van der Waals surface area contributed by atoms with Crippen LogP contribution in [0, 0.1) is 5.92 Å². The fourth-order valence-corrected chi connectivity index (χ4v) is 3.84. The van der Waals surface area contributed by atoms with Crippen LogP contribution in [-0.2, 0) is 19.0 Å². The van der Waals surface area contributed by atoms with Crippen LogP contribution < -0.4 is 0 Å². The van der Waals surface area contributed by atoms with E-state index >= 15 is 0 Å². The van der Waals surface area contributed by atoms with Gasteiger partial charge in [0.15, 0.2) is 0 Å². The third-order valence-electron chi connectivity index (χ3n) is 5.47. The second-order valence-corrected chi connectivity index (χ2v) is 6.89. The Labute approximate surface area is 113 Å². The molecule has 1 saturated carbocycles. The van der Waals surface area contributed by atoms with Crippen molar-refractivity contribution in [2.24, 2.45) is 5.92 Å². The Bertz CT molecular complexity index is 473. The van der Waals surface area contributed by atoms with E-state index in [4.69, 9.17) is 14.2 Å². The van der Waals surface area contributed by atoms with Gasteiger partial charge in [-0.3, -0.25) is 0 Å². The van der Waals surface area contributed by atoms with Gasteiger partial charge in [-0.25, -0.2) is 4.79 Å². The number of carbonyl (C=O) groups is 1. The number of carbonyl (C=O) groups excluding carboxylic acids is 1. The zero-order valence-corrected chi connectivity index (χ0v) is 11.5. The molecule has 6 atom stereocenters. The highest BCUT2D eigenvalue weighted by atomic mass is 16.6. The molecule has 4 rings (SSSR count). The Kier molecular flexibility index (Phi) is 2.14. The van der Waals surface area contributed by atoms with Crippen LogP contribution in [0.1, 0.15) is 39.5 Å². The average Bonchev–Trinajstić information content (AvgIpc) is 3.15. The van der Waals surface area contributed by atoms with Gasteiger partial charge in [-0.1, -0.05) is 6.58 Å². The first-order valence-corrected chi connectivity index (χ1v) is 7.17. The highest BCUT2D eigenvalue weighted by Gasteiger charge is 2.61. The summed E-state index contributed by atoms with van der Waals surface area (Å²) < 4.78 is 17.2. The second-order valence-electron chi connectivity index (χ2n) is 6.89. The maximum absolute atomic E-state index is 11.8. The first kappa shape index (κ1) is 11.9. The first-order chi connectivity index (χ1) is 8.91. The van der Waals surface area contributed by atoms with Gasteiger partial charge in [0, 0.05) is 17.9 Å². The molecule has 4 heteroatoms. The molecule has 4 aliphatic rings. The molecule has 3 aliphatic heterocycles. The minimum Gasteiger partial charge on any atom is -0.458 e.